The molecule has 9 heteroatoms. The smallest absolute Gasteiger partial charge is 0.305 e. The van der Waals surface area contributed by atoms with E-state index in [1.807, 2.05) is 0 Å². The monoisotopic (exact) mass is 342 g/mol. The van der Waals surface area contributed by atoms with Crippen molar-refractivity contribution in [1.82, 2.24) is 5.32 Å². The molecule has 0 atom stereocenters. The van der Waals surface area contributed by atoms with Gasteiger partial charge in [0, 0.05) is 24.3 Å². The van der Waals surface area contributed by atoms with E-state index in [1.54, 1.807) is 0 Å². The molecule has 23 heavy (non-hydrogen) atoms. The maximum Gasteiger partial charge on any atom is 0.305 e. The highest BCUT2D eigenvalue weighted by molar-refractivity contribution is 6.31. The zero-order valence-electron chi connectivity index (χ0n) is 12.1. The van der Waals surface area contributed by atoms with Crippen molar-refractivity contribution >= 4 is 29.2 Å². The minimum Gasteiger partial charge on any atom is -0.481 e. The zero-order chi connectivity index (χ0) is 17.0. The number of benzene rings is 1. The average molecular weight is 343 g/mol. The normalized spacial score (nSPS) is 16.6. The number of nitro groups is 1. The topological polar surface area (TPSA) is 119 Å². The van der Waals surface area contributed by atoms with Crippen LogP contribution in [-0.4, -0.2) is 40.7 Å². The number of amides is 1. The fourth-order valence-corrected chi connectivity index (χ4v) is 2.72. The van der Waals surface area contributed by atoms with Crippen LogP contribution in [0.5, 0.6) is 0 Å². The highest BCUT2D eigenvalue weighted by Gasteiger charge is 2.37. The number of nitrogens with zero attached hydrogens (tertiary/aromatic N) is 1. The summed E-state index contributed by atoms with van der Waals surface area (Å²) < 4.78 is 5.20. The molecule has 1 saturated heterocycles. The van der Waals surface area contributed by atoms with Gasteiger partial charge < -0.3 is 15.2 Å². The van der Waals surface area contributed by atoms with Crippen molar-refractivity contribution in [3.05, 3.63) is 38.9 Å². The predicted octanol–water partition coefficient (Wildman–Crippen LogP) is 2.00. The van der Waals surface area contributed by atoms with E-state index in [0.29, 0.717) is 26.1 Å². The predicted molar refractivity (Wildman–Crippen MR) is 80.6 cm³/mol. The lowest BCUT2D eigenvalue weighted by Gasteiger charge is -2.36. The van der Waals surface area contributed by atoms with Gasteiger partial charge in [0.15, 0.2) is 0 Å². The molecule has 1 fully saturated rings. The molecule has 0 radical (unpaired) electrons. The Bertz CT molecular complexity index is 642. The van der Waals surface area contributed by atoms with Gasteiger partial charge in [0.05, 0.1) is 16.9 Å². The second-order valence-electron chi connectivity index (χ2n) is 5.34. The highest BCUT2D eigenvalue weighted by Crippen LogP contribution is 2.28. The fourth-order valence-electron chi connectivity index (χ4n) is 2.55. The maximum absolute atomic E-state index is 12.4. The Morgan fingerprint density at radius 1 is 1.39 bits per heavy atom. The molecule has 1 aliphatic rings. The van der Waals surface area contributed by atoms with E-state index >= 15 is 0 Å². The molecule has 0 unspecified atom stereocenters. The minimum atomic E-state index is -1.06. The van der Waals surface area contributed by atoms with Crippen LogP contribution >= 0.6 is 11.6 Å². The Morgan fingerprint density at radius 2 is 2.04 bits per heavy atom. The van der Waals surface area contributed by atoms with Crippen LogP contribution in [0, 0.1) is 10.1 Å². The molecule has 1 aromatic carbocycles. The molecule has 0 aromatic heterocycles. The number of hydrogen-bond acceptors (Lipinski definition) is 5. The van der Waals surface area contributed by atoms with E-state index in [-0.39, 0.29) is 17.0 Å². The van der Waals surface area contributed by atoms with Gasteiger partial charge in [-0.3, -0.25) is 19.7 Å². The SMILES string of the molecule is O=C(O)CC1(NC(=O)c2ccc(Cl)cc2[N+](=O)[O-])CCOCC1. The molecule has 0 spiro atoms. The molecule has 2 rings (SSSR count). The van der Waals surface area contributed by atoms with Crippen LogP contribution in [0.2, 0.25) is 5.02 Å². The summed E-state index contributed by atoms with van der Waals surface area (Å²) in [4.78, 5) is 33.9. The first kappa shape index (κ1) is 17.2. The van der Waals surface area contributed by atoms with Crippen molar-refractivity contribution in [2.75, 3.05) is 13.2 Å². The lowest BCUT2D eigenvalue weighted by atomic mass is 9.86. The van der Waals surface area contributed by atoms with Crippen molar-refractivity contribution in [3.8, 4) is 0 Å². The molecule has 1 aliphatic heterocycles. The largest absolute Gasteiger partial charge is 0.481 e. The summed E-state index contributed by atoms with van der Waals surface area (Å²) in [7, 11) is 0. The Kier molecular flexibility index (Phi) is 5.17. The zero-order valence-corrected chi connectivity index (χ0v) is 12.8. The van der Waals surface area contributed by atoms with Gasteiger partial charge in [-0.2, -0.15) is 0 Å². The second-order valence-corrected chi connectivity index (χ2v) is 5.77. The highest BCUT2D eigenvalue weighted by atomic mass is 35.5. The third kappa shape index (κ3) is 4.17. The van der Waals surface area contributed by atoms with Crippen LogP contribution in [0.15, 0.2) is 18.2 Å². The lowest BCUT2D eigenvalue weighted by Crippen LogP contribution is -2.53. The number of carbonyl (C=O) groups excluding carboxylic acids is 1. The molecular weight excluding hydrogens is 328 g/mol. The third-order valence-corrected chi connectivity index (χ3v) is 3.95. The quantitative estimate of drug-likeness (QED) is 0.624. The molecule has 124 valence electrons. The third-order valence-electron chi connectivity index (χ3n) is 3.72. The first-order chi connectivity index (χ1) is 10.8. The van der Waals surface area contributed by atoms with E-state index in [1.165, 1.54) is 12.1 Å². The fraction of sp³-hybridized carbons (Fsp3) is 0.429. The van der Waals surface area contributed by atoms with Crippen LogP contribution in [0.4, 0.5) is 5.69 Å². The molecule has 2 N–H and O–H groups in total. The molecule has 1 amide bonds. The van der Waals surface area contributed by atoms with E-state index in [4.69, 9.17) is 21.4 Å². The number of nitro benzene ring substituents is 1. The van der Waals surface area contributed by atoms with Crippen LogP contribution in [0.1, 0.15) is 29.6 Å². The van der Waals surface area contributed by atoms with E-state index < -0.39 is 28.0 Å². The Labute approximate surface area is 136 Å². The van der Waals surface area contributed by atoms with Gasteiger partial charge in [-0.05, 0) is 25.0 Å². The van der Waals surface area contributed by atoms with Crippen LogP contribution in [0.3, 0.4) is 0 Å². The Balaban J connectivity index is 2.29. The summed E-state index contributed by atoms with van der Waals surface area (Å²) >= 11 is 5.72. The minimum absolute atomic E-state index is 0.138. The van der Waals surface area contributed by atoms with Gasteiger partial charge in [-0.25, -0.2) is 0 Å². The number of halogens is 1. The van der Waals surface area contributed by atoms with Crippen LogP contribution in [0.25, 0.3) is 0 Å². The molecular formula is C14H15ClN2O6. The van der Waals surface area contributed by atoms with Gasteiger partial charge in [-0.15, -0.1) is 0 Å². The molecule has 0 bridgehead atoms. The second kappa shape index (κ2) is 6.93. The summed E-state index contributed by atoms with van der Waals surface area (Å²) in [5.41, 5.74) is -1.56. The molecule has 8 nitrogen and oxygen atoms in total. The number of carboxylic acid groups (broad SMARTS) is 1. The molecule has 1 aromatic rings. The van der Waals surface area contributed by atoms with E-state index in [2.05, 4.69) is 5.32 Å². The summed E-state index contributed by atoms with van der Waals surface area (Å²) in [6, 6.07) is 3.71. The first-order valence-electron chi connectivity index (χ1n) is 6.89. The van der Waals surface area contributed by atoms with Crippen molar-refractivity contribution in [2.24, 2.45) is 0 Å². The first-order valence-corrected chi connectivity index (χ1v) is 7.27. The summed E-state index contributed by atoms with van der Waals surface area (Å²) in [6.07, 6.45) is 0.377. The van der Waals surface area contributed by atoms with Crippen LogP contribution < -0.4 is 5.32 Å². The number of carboxylic acids is 1. The summed E-state index contributed by atoms with van der Waals surface area (Å²) in [5.74, 6) is -1.76. The maximum atomic E-state index is 12.4. The number of carbonyl (C=O) groups is 2. The summed E-state index contributed by atoms with van der Waals surface area (Å²) in [5, 5.41) is 22.9. The van der Waals surface area contributed by atoms with Crippen molar-refractivity contribution in [2.45, 2.75) is 24.8 Å². The van der Waals surface area contributed by atoms with Gasteiger partial charge in [0.1, 0.15) is 5.56 Å². The standard InChI is InChI=1S/C14H15ClN2O6/c15-9-1-2-10(11(7-9)17(21)22)13(20)16-14(8-12(18)19)3-5-23-6-4-14/h1-2,7H,3-6,8H2,(H,16,20)(H,18,19). The Hall–Kier alpha value is -2.19. The van der Waals surface area contributed by atoms with E-state index in [0.717, 1.165) is 6.07 Å². The number of nitrogens with one attached hydrogen (secondary N) is 1. The molecule has 0 saturated carbocycles. The van der Waals surface area contributed by atoms with Crippen molar-refractivity contribution in [3.63, 3.8) is 0 Å². The lowest BCUT2D eigenvalue weighted by molar-refractivity contribution is -0.385. The van der Waals surface area contributed by atoms with Gasteiger partial charge in [0.25, 0.3) is 11.6 Å². The van der Waals surface area contributed by atoms with Gasteiger partial charge >= 0.3 is 5.97 Å². The van der Waals surface area contributed by atoms with Crippen LogP contribution in [-0.2, 0) is 9.53 Å². The average Bonchev–Trinajstić information content (AvgIpc) is 2.46. The van der Waals surface area contributed by atoms with E-state index in [9.17, 15) is 19.7 Å². The van der Waals surface area contributed by atoms with Gasteiger partial charge in [-0.1, -0.05) is 11.6 Å². The molecule has 1 heterocycles. The Morgan fingerprint density at radius 3 is 2.61 bits per heavy atom. The number of hydrogen-bond donors (Lipinski definition) is 2. The summed E-state index contributed by atoms with van der Waals surface area (Å²) in [6.45, 7) is 0.631. The number of rotatable bonds is 5. The molecule has 0 aliphatic carbocycles. The van der Waals surface area contributed by atoms with Crippen molar-refractivity contribution < 1.29 is 24.4 Å². The number of aliphatic carboxylic acids is 1. The van der Waals surface area contributed by atoms with Crippen molar-refractivity contribution in [1.29, 1.82) is 0 Å². The van der Waals surface area contributed by atoms with Gasteiger partial charge in [0.2, 0.25) is 0 Å². The number of ether oxygens (including phenoxy) is 1.